The number of alkyl halides is 1. The Bertz CT molecular complexity index is 854. The smallest absolute Gasteiger partial charge is 0.255 e. The SMILES string of the molecule is O=c1[nH]c2ccccc2c(OC2CCN(CCF)CC2)c1CCCCCC1CC1. The molecule has 1 N–H and O–H groups in total. The molecule has 2 heterocycles. The third-order valence-corrected chi connectivity index (χ3v) is 6.42. The predicted molar refractivity (Wildman–Crippen MR) is 116 cm³/mol. The van der Waals surface area contributed by atoms with Crippen molar-refractivity contribution in [3.8, 4) is 5.75 Å². The van der Waals surface area contributed by atoms with Gasteiger partial charge in [-0.2, -0.15) is 0 Å². The molecular weight excluding hydrogens is 367 g/mol. The molecule has 0 spiro atoms. The summed E-state index contributed by atoms with van der Waals surface area (Å²) in [5.74, 6) is 1.75. The van der Waals surface area contributed by atoms with Crippen LogP contribution in [-0.4, -0.2) is 42.3 Å². The molecule has 2 aromatic rings. The van der Waals surface area contributed by atoms with E-state index in [2.05, 4.69) is 9.88 Å². The molecule has 2 fully saturated rings. The molecule has 158 valence electrons. The Kier molecular flexibility index (Phi) is 6.86. The first-order valence-corrected chi connectivity index (χ1v) is 11.3. The molecule has 0 atom stereocenters. The average Bonchev–Trinajstić information content (AvgIpc) is 3.55. The van der Waals surface area contributed by atoms with Gasteiger partial charge in [0.2, 0.25) is 0 Å². The number of nitrogens with zero attached hydrogens (tertiary/aromatic N) is 1. The van der Waals surface area contributed by atoms with Crippen molar-refractivity contribution < 1.29 is 9.13 Å². The monoisotopic (exact) mass is 400 g/mol. The van der Waals surface area contributed by atoms with Gasteiger partial charge in [0.1, 0.15) is 18.5 Å². The number of benzene rings is 1. The van der Waals surface area contributed by atoms with Crippen molar-refractivity contribution in [1.29, 1.82) is 0 Å². The van der Waals surface area contributed by atoms with Gasteiger partial charge in [0.05, 0.1) is 11.1 Å². The zero-order valence-electron chi connectivity index (χ0n) is 17.3. The molecule has 5 heteroatoms. The van der Waals surface area contributed by atoms with Crippen LogP contribution in [-0.2, 0) is 6.42 Å². The molecule has 1 saturated heterocycles. The summed E-state index contributed by atoms with van der Waals surface area (Å²) in [6.45, 7) is 1.92. The third kappa shape index (κ3) is 5.39. The van der Waals surface area contributed by atoms with E-state index in [0.29, 0.717) is 6.54 Å². The van der Waals surface area contributed by atoms with E-state index in [0.717, 1.165) is 66.9 Å². The zero-order chi connectivity index (χ0) is 20.1. The summed E-state index contributed by atoms with van der Waals surface area (Å²) >= 11 is 0. The van der Waals surface area contributed by atoms with Gasteiger partial charge in [-0.3, -0.25) is 4.79 Å². The molecule has 1 aliphatic heterocycles. The van der Waals surface area contributed by atoms with Gasteiger partial charge in [-0.05, 0) is 43.7 Å². The van der Waals surface area contributed by atoms with Crippen LogP contribution in [0.15, 0.2) is 29.1 Å². The number of fused-ring (bicyclic) bond motifs is 1. The number of halogens is 1. The number of nitrogens with one attached hydrogen (secondary N) is 1. The van der Waals surface area contributed by atoms with Crippen LogP contribution in [0.4, 0.5) is 4.39 Å². The minimum Gasteiger partial charge on any atom is -0.489 e. The summed E-state index contributed by atoms with van der Waals surface area (Å²) in [7, 11) is 0. The number of ether oxygens (including phenoxy) is 1. The Morgan fingerprint density at radius 2 is 1.86 bits per heavy atom. The zero-order valence-corrected chi connectivity index (χ0v) is 17.3. The maximum Gasteiger partial charge on any atom is 0.255 e. The molecule has 1 saturated carbocycles. The topological polar surface area (TPSA) is 45.3 Å². The van der Waals surface area contributed by atoms with Crippen molar-refractivity contribution in [3.63, 3.8) is 0 Å². The van der Waals surface area contributed by atoms with Crippen molar-refractivity contribution in [2.24, 2.45) is 5.92 Å². The van der Waals surface area contributed by atoms with Crippen LogP contribution in [0.5, 0.6) is 5.75 Å². The molecular formula is C24H33FN2O2. The van der Waals surface area contributed by atoms with Crippen LogP contribution in [0.3, 0.4) is 0 Å². The minimum absolute atomic E-state index is 0.0178. The lowest BCUT2D eigenvalue weighted by Crippen LogP contribution is -2.39. The number of aromatic nitrogens is 1. The van der Waals surface area contributed by atoms with Gasteiger partial charge >= 0.3 is 0 Å². The van der Waals surface area contributed by atoms with Crippen LogP contribution >= 0.6 is 0 Å². The quantitative estimate of drug-likeness (QED) is 0.580. The first-order valence-electron chi connectivity index (χ1n) is 11.3. The predicted octanol–water partition coefficient (Wildman–Crippen LogP) is 4.85. The summed E-state index contributed by atoms with van der Waals surface area (Å²) < 4.78 is 19.1. The van der Waals surface area contributed by atoms with E-state index in [1.54, 1.807) is 0 Å². The Hall–Kier alpha value is -1.88. The Morgan fingerprint density at radius 1 is 1.07 bits per heavy atom. The van der Waals surface area contributed by atoms with Gasteiger partial charge in [0.25, 0.3) is 5.56 Å². The number of para-hydroxylation sites is 1. The van der Waals surface area contributed by atoms with Crippen molar-refractivity contribution in [2.45, 2.75) is 63.9 Å². The highest BCUT2D eigenvalue weighted by molar-refractivity contribution is 5.86. The normalized spacial score (nSPS) is 18.4. The third-order valence-electron chi connectivity index (χ3n) is 6.42. The van der Waals surface area contributed by atoms with E-state index in [1.165, 1.54) is 32.1 Å². The molecule has 1 aromatic carbocycles. The number of hydrogen-bond donors (Lipinski definition) is 1. The second-order valence-electron chi connectivity index (χ2n) is 8.70. The van der Waals surface area contributed by atoms with Crippen molar-refractivity contribution in [2.75, 3.05) is 26.3 Å². The molecule has 2 aliphatic rings. The second kappa shape index (κ2) is 9.75. The molecule has 1 aromatic heterocycles. The highest BCUT2D eigenvalue weighted by atomic mass is 19.1. The van der Waals surface area contributed by atoms with Crippen molar-refractivity contribution >= 4 is 10.9 Å². The number of pyridine rings is 1. The van der Waals surface area contributed by atoms with E-state index in [-0.39, 0.29) is 18.3 Å². The summed E-state index contributed by atoms with van der Waals surface area (Å²) in [6, 6.07) is 7.91. The van der Waals surface area contributed by atoms with Crippen molar-refractivity contribution in [1.82, 2.24) is 9.88 Å². The fraction of sp³-hybridized carbons (Fsp3) is 0.625. The maximum absolute atomic E-state index is 12.8. The molecule has 0 amide bonds. The van der Waals surface area contributed by atoms with Crippen molar-refractivity contribution in [3.05, 3.63) is 40.2 Å². The highest BCUT2D eigenvalue weighted by Gasteiger charge is 2.23. The lowest BCUT2D eigenvalue weighted by Gasteiger charge is -2.32. The van der Waals surface area contributed by atoms with Gasteiger partial charge in [-0.1, -0.05) is 44.2 Å². The fourth-order valence-electron chi connectivity index (χ4n) is 4.47. The van der Waals surface area contributed by atoms with E-state index < -0.39 is 0 Å². The second-order valence-corrected chi connectivity index (χ2v) is 8.70. The number of hydrogen-bond acceptors (Lipinski definition) is 3. The van der Waals surface area contributed by atoms with Crippen LogP contribution in [0.1, 0.15) is 56.9 Å². The molecule has 1 aliphatic carbocycles. The number of rotatable bonds is 10. The Morgan fingerprint density at radius 3 is 2.62 bits per heavy atom. The minimum atomic E-state index is -0.297. The summed E-state index contributed by atoms with van der Waals surface area (Å²) in [4.78, 5) is 18.0. The van der Waals surface area contributed by atoms with E-state index in [1.807, 2.05) is 24.3 Å². The van der Waals surface area contributed by atoms with Gasteiger partial charge in [0, 0.05) is 25.0 Å². The van der Waals surface area contributed by atoms with Gasteiger partial charge in [0.15, 0.2) is 0 Å². The standard InChI is InChI=1S/C24H33FN2O2/c25-14-17-27-15-12-19(13-16-27)29-23-20-7-4-5-9-22(20)26-24(28)21(23)8-3-1-2-6-18-10-11-18/h4-5,7,9,18-19H,1-3,6,8,10-17H2,(H,26,28). The lowest BCUT2D eigenvalue weighted by molar-refractivity contribution is 0.0971. The first kappa shape index (κ1) is 20.4. The number of aromatic amines is 1. The number of H-pyrrole nitrogens is 1. The number of likely N-dealkylation sites (tertiary alicyclic amines) is 1. The Labute approximate surface area is 172 Å². The summed E-state index contributed by atoms with van der Waals surface area (Å²) in [5.41, 5.74) is 1.61. The molecule has 4 nitrogen and oxygen atoms in total. The maximum atomic E-state index is 12.8. The van der Waals surface area contributed by atoms with Gasteiger partial charge < -0.3 is 14.6 Å². The van der Waals surface area contributed by atoms with E-state index >= 15 is 0 Å². The first-order chi connectivity index (χ1) is 14.2. The average molecular weight is 401 g/mol. The van der Waals surface area contributed by atoms with Crippen LogP contribution in [0, 0.1) is 5.92 Å². The molecule has 0 radical (unpaired) electrons. The fourth-order valence-corrected chi connectivity index (χ4v) is 4.47. The van der Waals surface area contributed by atoms with Crippen LogP contribution < -0.4 is 10.3 Å². The molecule has 29 heavy (non-hydrogen) atoms. The van der Waals surface area contributed by atoms with Crippen LogP contribution in [0.25, 0.3) is 10.9 Å². The largest absolute Gasteiger partial charge is 0.489 e. The summed E-state index contributed by atoms with van der Waals surface area (Å²) in [6.07, 6.45) is 10.2. The molecule has 4 rings (SSSR count). The molecule has 0 unspecified atom stereocenters. The number of piperidine rings is 1. The summed E-state index contributed by atoms with van der Waals surface area (Å²) in [5, 5.41) is 0.992. The van der Waals surface area contributed by atoms with E-state index in [4.69, 9.17) is 4.74 Å². The van der Waals surface area contributed by atoms with Gasteiger partial charge in [-0.25, -0.2) is 4.39 Å². The van der Waals surface area contributed by atoms with Gasteiger partial charge in [-0.15, -0.1) is 0 Å². The molecule has 0 bridgehead atoms. The lowest BCUT2D eigenvalue weighted by atomic mass is 10.0. The number of unbranched alkanes of at least 4 members (excludes halogenated alkanes) is 2. The highest BCUT2D eigenvalue weighted by Crippen LogP contribution is 2.34. The van der Waals surface area contributed by atoms with E-state index in [9.17, 15) is 9.18 Å². The van der Waals surface area contributed by atoms with Crippen LogP contribution in [0.2, 0.25) is 0 Å². The Balaban J connectivity index is 1.47.